The van der Waals surface area contributed by atoms with E-state index >= 15 is 0 Å². The molecule has 1 aromatic heterocycles. The fraction of sp³-hybridized carbons (Fsp3) is 0.615. The predicted octanol–water partition coefficient (Wildman–Crippen LogP) is 1.11. The molecule has 0 bridgehead atoms. The lowest BCUT2D eigenvalue weighted by molar-refractivity contribution is 0.298. The second-order valence-corrected chi connectivity index (χ2v) is 7.35. The number of aromatic nitrogens is 1. The van der Waals surface area contributed by atoms with Crippen LogP contribution in [-0.2, 0) is 10.2 Å². The highest BCUT2D eigenvalue weighted by atomic mass is 32.2. The van der Waals surface area contributed by atoms with Crippen molar-refractivity contribution in [2.75, 3.05) is 39.5 Å². The zero-order valence-electron chi connectivity index (χ0n) is 12.2. The molecule has 0 aromatic carbocycles. The van der Waals surface area contributed by atoms with E-state index < -0.39 is 10.2 Å². The van der Waals surface area contributed by atoms with Crippen LogP contribution in [0.3, 0.4) is 0 Å². The Hall–Kier alpha value is -1.18. The summed E-state index contributed by atoms with van der Waals surface area (Å²) in [4.78, 5) is 4.20. The monoisotopic (exact) mass is 298 g/mol. The second-order valence-electron chi connectivity index (χ2n) is 5.21. The van der Waals surface area contributed by atoms with Crippen molar-refractivity contribution >= 4 is 16.0 Å². The lowest BCUT2D eigenvalue weighted by Crippen LogP contribution is -2.44. The molecule has 0 unspecified atom stereocenters. The van der Waals surface area contributed by atoms with Crippen molar-refractivity contribution in [3.63, 3.8) is 0 Å². The van der Waals surface area contributed by atoms with Gasteiger partial charge in [-0.2, -0.15) is 17.0 Å². The Morgan fingerprint density at radius 3 is 2.85 bits per heavy atom. The van der Waals surface area contributed by atoms with Gasteiger partial charge >= 0.3 is 0 Å². The molecule has 2 rings (SSSR count). The SMILES string of the molecule is CNc1cc([C@H]2CCCN(S(=O)(=O)N(C)C)C2)ccn1. The third-order valence-corrected chi connectivity index (χ3v) is 5.59. The Morgan fingerprint density at radius 2 is 2.20 bits per heavy atom. The van der Waals surface area contributed by atoms with Gasteiger partial charge in [-0.25, -0.2) is 4.98 Å². The summed E-state index contributed by atoms with van der Waals surface area (Å²) in [6, 6.07) is 3.97. The molecule has 1 aliphatic rings. The van der Waals surface area contributed by atoms with Gasteiger partial charge in [0.1, 0.15) is 5.82 Å². The largest absolute Gasteiger partial charge is 0.373 e. The van der Waals surface area contributed by atoms with Gasteiger partial charge in [-0.1, -0.05) is 0 Å². The quantitative estimate of drug-likeness (QED) is 0.904. The van der Waals surface area contributed by atoms with Crippen LogP contribution in [0.1, 0.15) is 24.3 Å². The van der Waals surface area contributed by atoms with Crippen molar-refractivity contribution in [1.29, 1.82) is 0 Å². The summed E-state index contributed by atoms with van der Waals surface area (Å²) in [6.45, 7) is 1.13. The number of piperidine rings is 1. The van der Waals surface area contributed by atoms with Gasteiger partial charge in [-0.05, 0) is 36.5 Å². The van der Waals surface area contributed by atoms with Crippen molar-refractivity contribution < 1.29 is 8.42 Å². The van der Waals surface area contributed by atoms with Crippen molar-refractivity contribution in [2.24, 2.45) is 0 Å². The molecule has 1 aromatic rings. The molecule has 0 radical (unpaired) electrons. The maximum Gasteiger partial charge on any atom is 0.281 e. The van der Waals surface area contributed by atoms with E-state index in [1.165, 1.54) is 4.31 Å². The fourth-order valence-corrected chi connectivity index (χ4v) is 3.68. The highest BCUT2D eigenvalue weighted by Gasteiger charge is 2.31. The van der Waals surface area contributed by atoms with Crippen LogP contribution >= 0.6 is 0 Å². The first-order valence-corrected chi connectivity index (χ1v) is 8.16. The summed E-state index contributed by atoms with van der Waals surface area (Å²) < 4.78 is 27.3. The summed E-state index contributed by atoms with van der Waals surface area (Å²) in [5, 5.41) is 3.01. The van der Waals surface area contributed by atoms with E-state index in [0.29, 0.717) is 13.1 Å². The molecule has 1 N–H and O–H groups in total. The standard InChI is InChI=1S/C13H22N4O2S/c1-14-13-9-11(6-7-15-13)12-5-4-8-17(10-12)20(18,19)16(2)3/h6-7,9,12H,4-5,8,10H2,1-3H3,(H,14,15)/t12-/m0/s1. The molecule has 1 atom stereocenters. The van der Waals surface area contributed by atoms with Crippen LogP contribution in [0.4, 0.5) is 5.82 Å². The van der Waals surface area contributed by atoms with Crippen molar-refractivity contribution in [3.05, 3.63) is 23.9 Å². The average Bonchev–Trinajstić information content (AvgIpc) is 2.47. The Morgan fingerprint density at radius 1 is 1.45 bits per heavy atom. The molecule has 20 heavy (non-hydrogen) atoms. The molecule has 0 amide bonds. The number of nitrogens with one attached hydrogen (secondary N) is 1. The Labute approximate surface area is 121 Å². The molecular weight excluding hydrogens is 276 g/mol. The molecule has 2 heterocycles. The number of anilines is 1. The molecule has 7 heteroatoms. The van der Waals surface area contributed by atoms with Gasteiger partial charge < -0.3 is 5.32 Å². The van der Waals surface area contributed by atoms with Crippen LogP contribution in [0.15, 0.2) is 18.3 Å². The third kappa shape index (κ3) is 3.11. The Bertz CT molecular complexity index is 559. The van der Waals surface area contributed by atoms with Crippen LogP contribution in [0.5, 0.6) is 0 Å². The zero-order chi connectivity index (χ0) is 14.8. The number of hydrogen-bond donors (Lipinski definition) is 1. The predicted molar refractivity (Wildman–Crippen MR) is 79.9 cm³/mol. The highest BCUT2D eigenvalue weighted by molar-refractivity contribution is 7.86. The first kappa shape index (κ1) is 15.2. The van der Waals surface area contributed by atoms with Crippen molar-refractivity contribution in [2.45, 2.75) is 18.8 Å². The van der Waals surface area contributed by atoms with E-state index in [-0.39, 0.29) is 5.92 Å². The van der Waals surface area contributed by atoms with Crippen LogP contribution < -0.4 is 5.32 Å². The Balaban J connectivity index is 2.18. The maximum atomic E-state index is 12.2. The molecule has 0 aliphatic carbocycles. The van der Waals surface area contributed by atoms with Crippen LogP contribution in [0, 0.1) is 0 Å². The van der Waals surface area contributed by atoms with Crippen LogP contribution in [-0.4, -0.2) is 56.2 Å². The summed E-state index contributed by atoms with van der Waals surface area (Å²) in [5.41, 5.74) is 1.14. The molecular formula is C13H22N4O2S. The summed E-state index contributed by atoms with van der Waals surface area (Å²) in [6.07, 6.45) is 3.65. The van der Waals surface area contributed by atoms with E-state index in [4.69, 9.17) is 0 Å². The summed E-state index contributed by atoms with van der Waals surface area (Å²) in [7, 11) is 1.66. The molecule has 1 aliphatic heterocycles. The fourth-order valence-electron chi connectivity index (χ4n) is 2.49. The zero-order valence-corrected chi connectivity index (χ0v) is 13.0. The van der Waals surface area contributed by atoms with Gasteiger partial charge in [-0.15, -0.1) is 0 Å². The van der Waals surface area contributed by atoms with E-state index in [9.17, 15) is 8.42 Å². The number of rotatable bonds is 4. The Kier molecular flexibility index (Phi) is 4.62. The smallest absolute Gasteiger partial charge is 0.281 e. The molecule has 6 nitrogen and oxygen atoms in total. The van der Waals surface area contributed by atoms with Gasteiger partial charge in [0.05, 0.1) is 0 Å². The third-order valence-electron chi connectivity index (χ3n) is 3.68. The van der Waals surface area contributed by atoms with Gasteiger partial charge in [0.25, 0.3) is 10.2 Å². The van der Waals surface area contributed by atoms with Gasteiger partial charge in [0.2, 0.25) is 0 Å². The molecule has 112 valence electrons. The van der Waals surface area contributed by atoms with Gasteiger partial charge in [0.15, 0.2) is 0 Å². The topological polar surface area (TPSA) is 65.5 Å². The minimum Gasteiger partial charge on any atom is -0.373 e. The number of nitrogens with zero attached hydrogens (tertiary/aromatic N) is 3. The molecule has 1 fully saturated rings. The number of pyridine rings is 1. The molecule has 1 saturated heterocycles. The van der Waals surface area contributed by atoms with Crippen molar-refractivity contribution in [1.82, 2.24) is 13.6 Å². The van der Waals surface area contributed by atoms with E-state index in [1.807, 2.05) is 19.2 Å². The van der Waals surface area contributed by atoms with E-state index in [1.54, 1.807) is 24.6 Å². The lowest BCUT2D eigenvalue weighted by atomic mass is 9.92. The normalized spacial score (nSPS) is 21.1. The number of hydrogen-bond acceptors (Lipinski definition) is 4. The summed E-state index contributed by atoms with van der Waals surface area (Å²) >= 11 is 0. The average molecular weight is 298 g/mol. The first-order chi connectivity index (χ1) is 9.45. The van der Waals surface area contributed by atoms with Crippen LogP contribution in [0.25, 0.3) is 0 Å². The van der Waals surface area contributed by atoms with E-state index in [0.717, 1.165) is 24.2 Å². The van der Waals surface area contributed by atoms with Crippen LogP contribution in [0.2, 0.25) is 0 Å². The minimum atomic E-state index is -3.32. The minimum absolute atomic E-state index is 0.230. The molecule has 0 spiro atoms. The van der Waals surface area contributed by atoms with E-state index in [2.05, 4.69) is 10.3 Å². The van der Waals surface area contributed by atoms with Crippen molar-refractivity contribution in [3.8, 4) is 0 Å². The highest BCUT2D eigenvalue weighted by Crippen LogP contribution is 2.29. The first-order valence-electron chi connectivity index (χ1n) is 6.76. The summed E-state index contributed by atoms with van der Waals surface area (Å²) in [5.74, 6) is 1.05. The molecule has 0 saturated carbocycles. The van der Waals surface area contributed by atoms with Gasteiger partial charge in [-0.3, -0.25) is 0 Å². The second kappa shape index (κ2) is 6.07. The maximum absolute atomic E-state index is 12.2. The van der Waals surface area contributed by atoms with Gasteiger partial charge in [0, 0.05) is 40.4 Å². The lowest BCUT2D eigenvalue weighted by Gasteiger charge is -2.33.